The summed E-state index contributed by atoms with van der Waals surface area (Å²) < 4.78 is 2.21. The largest absolute Gasteiger partial charge is 0.365 e. The number of rotatable bonds is 3. The van der Waals surface area contributed by atoms with Crippen molar-refractivity contribution in [1.82, 2.24) is 14.5 Å². The van der Waals surface area contributed by atoms with Crippen LogP contribution in [0.2, 0.25) is 5.02 Å². The van der Waals surface area contributed by atoms with Gasteiger partial charge < -0.3 is 9.47 Å². The molecule has 19 heavy (non-hydrogen) atoms. The third kappa shape index (κ3) is 2.45. The quantitative estimate of drug-likeness (QED) is 0.864. The lowest BCUT2D eigenvalue weighted by molar-refractivity contribution is 0.540. The number of aryl methyl sites for hydroxylation is 1. The minimum atomic E-state index is 0.479. The van der Waals surface area contributed by atoms with Gasteiger partial charge in [0.2, 0.25) is 0 Å². The maximum absolute atomic E-state index is 6.26. The van der Waals surface area contributed by atoms with Crippen LogP contribution in [0.1, 0.15) is 18.7 Å². The Bertz CT molecular complexity index is 566. The molecule has 1 atom stereocenters. The molecule has 5 heteroatoms. The van der Waals surface area contributed by atoms with E-state index < -0.39 is 0 Å². The molecule has 0 aliphatic carbocycles. The van der Waals surface area contributed by atoms with Gasteiger partial charge in [-0.2, -0.15) is 0 Å². The summed E-state index contributed by atoms with van der Waals surface area (Å²) in [4.78, 5) is 10.7. The second kappa shape index (κ2) is 5.21. The first kappa shape index (κ1) is 12.5. The first-order valence-corrected chi connectivity index (χ1v) is 6.97. The van der Waals surface area contributed by atoms with Crippen LogP contribution >= 0.6 is 11.6 Å². The average Bonchev–Trinajstić information content (AvgIpc) is 3.01. The Labute approximate surface area is 118 Å². The smallest absolute Gasteiger partial charge is 0.105 e. The van der Waals surface area contributed by atoms with E-state index in [-0.39, 0.29) is 0 Å². The first-order valence-electron chi connectivity index (χ1n) is 6.59. The van der Waals surface area contributed by atoms with Crippen molar-refractivity contribution >= 4 is 17.3 Å². The van der Waals surface area contributed by atoms with Crippen LogP contribution in [0.25, 0.3) is 0 Å². The van der Waals surface area contributed by atoms with Gasteiger partial charge in [0, 0.05) is 43.9 Å². The molecule has 0 radical (unpaired) electrons. The Hall–Kier alpha value is -1.55. The summed E-state index contributed by atoms with van der Waals surface area (Å²) in [5.41, 5.74) is 1.09. The monoisotopic (exact) mass is 276 g/mol. The van der Waals surface area contributed by atoms with E-state index in [9.17, 15) is 0 Å². The first-order chi connectivity index (χ1) is 9.25. The molecule has 1 saturated heterocycles. The molecular formula is C14H17ClN4. The van der Waals surface area contributed by atoms with Gasteiger partial charge in [0.25, 0.3) is 0 Å². The summed E-state index contributed by atoms with van der Waals surface area (Å²) >= 11 is 6.26. The molecule has 3 heterocycles. The van der Waals surface area contributed by atoms with Crippen LogP contribution in [0.5, 0.6) is 0 Å². The number of hydrogen-bond acceptors (Lipinski definition) is 3. The summed E-state index contributed by atoms with van der Waals surface area (Å²) in [5, 5.41) is 0.733. The minimum Gasteiger partial charge on any atom is -0.365 e. The zero-order chi connectivity index (χ0) is 13.2. The molecule has 1 aliphatic rings. The van der Waals surface area contributed by atoms with Crippen LogP contribution in [-0.2, 0) is 6.54 Å². The molecule has 2 aromatic rings. The van der Waals surface area contributed by atoms with Crippen LogP contribution in [0, 0.1) is 6.92 Å². The predicted octanol–water partition coefficient (Wildman–Crippen LogP) is 2.91. The van der Waals surface area contributed by atoms with Crippen LogP contribution in [0.4, 0.5) is 5.69 Å². The number of halogens is 1. The summed E-state index contributed by atoms with van der Waals surface area (Å²) in [6.07, 6.45) is 9.81. The van der Waals surface area contributed by atoms with Crippen molar-refractivity contribution in [2.45, 2.75) is 32.4 Å². The fourth-order valence-electron chi connectivity index (χ4n) is 2.77. The highest BCUT2D eigenvalue weighted by Gasteiger charge is 2.26. The van der Waals surface area contributed by atoms with Gasteiger partial charge in [0.15, 0.2) is 0 Å². The standard InChI is InChI=1S/C14H17ClN4/c1-11-17-6-8-18(11)10-12-3-2-7-19(12)14-4-5-16-9-13(14)15/h4-6,8-9,12H,2-3,7,10H2,1H3. The lowest BCUT2D eigenvalue weighted by Crippen LogP contribution is -2.33. The Morgan fingerprint density at radius 2 is 2.32 bits per heavy atom. The van der Waals surface area contributed by atoms with E-state index in [0.717, 1.165) is 29.6 Å². The number of hydrogen-bond donors (Lipinski definition) is 0. The van der Waals surface area contributed by atoms with E-state index in [4.69, 9.17) is 11.6 Å². The van der Waals surface area contributed by atoms with Crippen LogP contribution < -0.4 is 4.90 Å². The zero-order valence-electron chi connectivity index (χ0n) is 11.0. The van der Waals surface area contributed by atoms with Crippen LogP contribution in [0.15, 0.2) is 30.9 Å². The highest BCUT2D eigenvalue weighted by molar-refractivity contribution is 6.33. The van der Waals surface area contributed by atoms with Crippen LogP contribution in [0.3, 0.4) is 0 Å². The Morgan fingerprint density at radius 1 is 1.42 bits per heavy atom. The van der Waals surface area contributed by atoms with Gasteiger partial charge in [0.05, 0.1) is 10.7 Å². The molecule has 2 aromatic heterocycles. The molecular weight excluding hydrogens is 260 g/mol. The second-order valence-electron chi connectivity index (χ2n) is 4.94. The molecule has 1 fully saturated rings. The van der Waals surface area contributed by atoms with Gasteiger partial charge >= 0.3 is 0 Å². The van der Waals surface area contributed by atoms with Gasteiger partial charge in [-0.25, -0.2) is 4.98 Å². The SMILES string of the molecule is Cc1nccn1CC1CCCN1c1ccncc1Cl. The molecule has 1 unspecified atom stereocenters. The van der Waals surface area contributed by atoms with E-state index >= 15 is 0 Å². The third-order valence-electron chi connectivity index (χ3n) is 3.77. The fraction of sp³-hybridized carbons (Fsp3) is 0.429. The van der Waals surface area contributed by atoms with Gasteiger partial charge in [-0.3, -0.25) is 4.98 Å². The molecule has 100 valence electrons. The fourth-order valence-corrected chi connectivity index (χ4v) is 3.00. The van der Waals surface area contributed by atoms with E-state index in [1.165, 1.54) is 12.8 Å². The summed E-state index contributed by atoms with van der Waals surface area (Å²) in [6, 6.07) is 2.48. The van der Waals surface area contributed by atoms with E-state index in [2.05, 4.69) is 19.4 Å². The van der Waals surface area contributed by atoms with E-state index in [0.29, 0.717) is 6.04 Å². The Kier molecular flexibility index (Phi) is 3.42. The highest BCUT2D eigenvalue weighted by Crippen LogP contribution is 2.31. The predicted molar refractivity (Wildman–Crippen MR) is 76.6 cm³/mol. The molecule has 4 nitrogen and oxygen atoms in total. The van der Waals surface area contributed by atoms with Gasteiger partial charge in [0.1, 0.15) is 5.82 Å². The zero-order valence-corrected chi connectivity index (χ0v) is 11.7. The number of aromatic nitrogens is 3. The summed E-state index contributed by atoms with van der Waals surface area (Å²) in [5.74, 6) is 1.06. The van der Waals surface area contributed by atoms with Gasteiger partial charge in [-0.15, -0.1) is 0 Å². The molecule has 0 N–H and O–H groups in total. The lowest BCUT2D eigenvalue weighted by Gasteiger charge is -2.28. The van der Waals surface area contributed by atoms with Crippen molar-refractivity contribution in [3.8, 4) is 0 Å². The maximum Gasteiger partial charge on any atom is 0.105 e. The van der Waals surface area contributed by atoms with Gasteiger partial charge in [-0.05, 0) is 25.8 Å². The normalized spacial score (nSPS) is 19.1. The molecule has 0 spiro atoms. The number of pyridine rings is 1. The molecule has 3 rings (SSSR count). The molecule has 0 amide bonds. The topological polar surface area (TPSA) is 34.0 Å². The number of anilines is 1. The summed E-state index contributed by atoms with van der Waals surface area (Å²) in [6.45, 7) is 4.06. The number of nitrogens with zero attached hydrogens (tertiary/aromatic N) is 4. The summed E-state index contributed by atoms with van der Waals surface area (Å²) in [7, 11) is 0. The van der Waals surface area contributed by atoms with E-state index in [1.54, 1.807) is 12.4 Å². The Balaban J connectivity index is 1.82. The Morgan fingerprint density at radius 3 is 3.05 bits per heavy atom. The van der Waals surface area contributed by atoms with Crippen molar-refractivity contribution in [3.05, 3.63) is 41.7 Å². The maximum atomic E-state index is 6.26. The molecule has 1 aliphatic heterocycles. The lowest BCUT2D eigenvalue weighted by atomic mass is 10.2. The molecule has 0 saturated carbocycles. The second-order valence-corrected chi connectivity index (χ2v) is 5.35. The highest BCUT2D eigenvalue weighted by atomic mass is 35.5. The minimum absolute atomic E-state index is 0.479. The van der Waals surface area contributed by atoms with Crippen molar-refractivity contribution in [3.63, 3.8) is 0 Å². The van der Waals surface area contributed by atoms with Crippen LogP contribution in [-0.4, -0.2) is 27.1 Å². The van der Waals surface area contributed by atoms with Crippen molar-refractivity contribution in [2.75, 3.05) is 11.4 Å². The van der Waals surface area contributed by atoms with Crippen molar-refractivity contribution < 1.29 is 0 Å². The van der Waals surface area contributed by atoms with Crippen molar-refractivity contribution in [2.24, 2.45) is 0 Å². The average molecular weight is 277 g/mol. The van der Waals surface area contributed by atoms with E-state index in [1.807, 2.05) is 25.4 Å². The molecule has 0 bridgehead atoms. The van der Waals surface area contributed by atoms with Crippen molar-refractivity contribution in [1.29, 1.82) is 0 Å². The number of imidazole rings is 1. The van der Waals surface area contributed by atoms with Gasteiger partial charge in [-0.1, -0.05) is 11.6 Å². The third-order valence-corrected chi connectivity index (χ3v) is 4.06. The molecule has 0 aromatic carbocycles.